The minimum absolute atomic E-state index is 0.199. The van der Waals surface area contributed by atoms with Crippen LogP contribution in [0.1, 0.15) is 46.5 Å². The van der Waals surface area contributed by atoms with Crippen LogP contribution in [0, 0.1) is 11.3 Å². The number of hydrogen-bond donors (Lipinski definition) is 1. The average Bonchev–Trinajstić information content (AvgIpc) is 2.13. The van der Waals surface area contributed by atoms with E-state index in [2.05, 4.69) is 0 Å². The Balaban J connectivity index is 4.65. The first-order chi connectivity index (χ1) is 7.99. The molecule has 0 aromatic rings. The van der Waals surface area contributed by atoms with E-state index in [9.17, 15) is 4.79 Å². The Kier molecular flexibility index (Phi) is 7.68. The SMILES string of the molecule is CCCC(CC(C)(C)C(Cl)CC(Cl)(Cl)Cl)C(=O)O. The highest BCUT2D eigenvalue weighted by Crippen LogP contribution is 2.42. The van der Waals surface area contributed by atoms with Crippen LogP contribution in [0.3, 0.4) is 0 Å². The minimum Gasteiger partial charge on any atom is -0.481 e. The van der Waals surface area contributed by atoms with E-state index in [0.717, 1.165) is 6.42 Å². The van der Waals surface area contributed by atoms with E-state index < -0.39 is 21.1 Å². The average molecular weight is 338 g/mol. The second-order valence-corrected chi connectivity index (χ2v) is 8.35. The van der Waals surface area contributed by atoms with Crippen LogP contribution in [0.2, 0.25) is 0 Å². The first-order valence-corrected chi connectivity index (χ1v) is 7.50. The lowest BCUT2D eigenvalue weighted by molar-refractivity contribution is -0.143. The van der Waals surface area contributed by atoms with E-state index >= 15 is 0 Å². The predicted molar refractivity (Wildman–Crippen MR) is 79.0 cm³/mol. The molecule has 0 saturated carbocycles. The van der Waals surface area contributed by atoms with Crippen molar-refractivity contribution in [1.29, 1.82) is 0 Å². The molecule has 2 atom stereocenters. The summed E-state index contributed by atoms with van der Waals surface area (Å²) >= 11 is 23.4. The van der Waals surface area contributed by atoms with Crippen molar-refractivity contribution in [1.82, 2.24) is 0 Å². The summed E-state index contributed by atoms with van der Waals surface area (Å²) in [6.07, 6.45) is 2.14. The molecule has 0 heterocycles. The van der Waals surface area contributed by atoms with Gasteiger partial charge in [-0.3, -0.25) is 4.79 Å². The van der Waals surface area contributed by atoms with Crippen LogP contribution in [0.15, 0.2) is 0 Å². The van der Waals surface area contributed by atoms with Gasteiger partial charge in [0.25, 0.3) is 0 Å². The maximum Gasteiger partial charge on any atom is 0.306 e. The number of halogens is 4. The molecule has 0 saturated heterocycles. The van der Waals surface area contributed by atoms with E-state index in [4.69, 9.17) is 51.5 Å². The molecule has 0 radical (unpaired) electrons. The zero-order valence-corrected chi connectivity index (χ0v) is 13.9. The third-order valence-corrected chi connectivity index (χ3v) is 4.23. The highest BCUT2D eigenvalue weighted by molar-refractivity contribution is 6.67. The fourth-order valence-corrected chi connectivity index (χ4v) is 2.92. The summed E-state index contributed by atoms with van der Waals surface area (Å²) in [7, 11) is 0. The van der Waals surface area contributed by atoms with Crippen molar-refractivity contribution in [3.63, 3.8) is 0 Å². The third kappa shape index (κ3) is 7.28. The van der Waals surface area contributed by atoms with E-state index in [1.807, 2.05) is 20.8 Å². The Morgan fingerprint density at radius 1 is 1.22 bits per heavy atom. The van der Waals surface area contributed by atoms with Crippen LogP contribution in [0.4, 0.5) is 0 Å². The van der Waals surface area contributed by atoms with Crippen LogP contribution in [-0.2, 0) is 4.79 Å². The summed E-state index contributed by atoms with van der Waals surface area (Å²) in [4.78, 5) is 11.2. The van der Waals surface area contributed by atoms with Crippen molar-refractivity contribution >= 4 is 52.4 Å². The molecular formula is C12H20Cl4O2. The number of hydrogen-bond acceptors (Lipinski definition) is 1. The van der Waals surface area contributed by atoms with Gasteiger partial charge in [0.05, 0.1) is 5.92 Å². The van der Waals surface area contributed by atoms with Crippen molar-refractivity contribution in [2.45, 2.75) is 55.6 Å². The molecule has 0 aliphatic rings. The van der Waals surface area contributed by atoms with E-state index in [0.29, 0.717) is 12.8 Å². The Hall–Kier alpha value is 0.630. The molecule has 2 unspecified atom stereocenters. The summed E-state index contributed by atoms with van der Waals surface area (Å²) in [5, 5.41) is 8.78. The monoisotopic (exact) mass is 336 g/mol. The van der Waals surface area contributed by atoms with Crippen LogP contribution in [-0.4, -0.2) is 20.2 Å². The molecule has 0 bridgehead atoms. The standard InChI is InChI=1S/C12H20Cl4O2/c1-4-5-8(10(17)18)6-11(2,3)9(13)7-12(14,15)16/h8-9H,4-7H2,1-3H3,(H,17,18). The zero-order chi connectivity index (χ0) is 14.6. The second-order valence-electron chi connectivity index (χ2n) is 5.30. The van der Waals surface area contributed by atoms with Crippen molar-refractivity contribution in [2.24, 2.45) is 11.3 Å². The molecule has 0 aliphatic heterocycles. The van der Waals surface area contributed by atoms with Crippen LogP contribution < -0.4 is 0 Å². The summed E-state index contributed by atoms with van der Waals surface area (Å²) < 4.78 is -1.41. The molecule has 0 aliphatic carbocycles. The van der Waals surface area contributed by atoms with Gasteiger partial charge in [0.2, 0.25) is 0 Å². The van der Waals surface area contributed by atoms with Gasteiger partial charge in [-0.1, -0.05) is 62.0 Å². The normalized spacial score (nSPS) is 16.4. The maximum absolute atomic E-state index is 11.2. The summed E-state index contributed by atoms with van der Waals surface area (Å²) in [6.45, 7) is 5.78. The molecular weight excluding hydrogens is 318 g/mol. The van der Waals surface area contributed by atoms with Gasteiger partial charge in [0.1, 0.15) is 0 Å². The van der Waals surface area contributed by atoms with Crippen molar-refractivity contribution in [2.75, 3.05) is 0 Å². The van der Waals surface area contributed by atoms with Gasteiger partial charge >= 0.3 is 5.97 Å². The van der Waals surface area contributed by atoms with Gasteiger partial charge in [-0.15, -0.1) is 11.6 Å². The van der Waals surface area contributed by atoms with Crippen LogP contribution in [0.5, 0.6) is 0 Å². The first-order valence-electron chi connectivity index (χ1n) is 5.93. The van der Waals surface area contributed by atoms with E-state index in [1.165, 1.54) is 0 Å². The largest absolute Gasteiger partial charge is 0.481 e. The van der Waals surface area contributed by atoms with Gasteiger partial charge in [0.15, 0.2) is 3.79 Å². The first kappa shape index (κ1) is 18.6. The molecule has 108 valence electrons. The number of alkyl halides is 4. The smallest absolute Gasteiger partial charge is 0.306 e. The molecule has 0 aromatic heterocycles. The van der Waals surface area contributed by atoms with Gasteiger partial charge in [-0.25, -0.2) is 0 Å². The lowest BCUT2D eigenvalue weighted by Crippen LogP contribution is -2.32. The van der Waals surface area contributed by atoms with Gasteiger partial charge in [-0.2, -0.15) is 0 Å². The minimum atomic E-state index is -1.41. The van der Waals surface area contributed by atoms with E-state index in [1.54, 1.807) is 0 Å². The second kappa shape index (κ2) is 7.42. The quantitative estimate of drug-likeness (QED) is 0.642. The lowest BCUT2D eigenvalue weighted by Gasteiger charge is -2.34. The number of carbonyl (C=O) groups is 1. The number of rotatable bonds is 7. The number of aliphatic carboxylic acids is 1. The molecule has 0 fully saturated rings. The fraction of sp³-hybridized carbons (Fsp3) is 0.917. The highest BCUT2D eigenvalue weighted by atomic mass is 35.6. The Morgan fingerprint density at radius 3 is 2.06 bits per heavy atom. The van der Waals surface area contributed by atoms with Crippen LogP contribution >= 0.6 is 46.4 Å². The molecule has 18 heavy (non-hydrogen) atoms. The number of carboxylic acids is 1. The van der Waals surface area contributed by atoms with Gasteiger partial charge in [0, 0.05) is 11.8 Å². The highest BCUT2D eigenvalue weighted by Gasteiger charge is 2.37. The molecule has 1 N–H and O–H groups in total. The molecule has 0 spiro atoms. The maximum atomic E-state index is 11.2. The van der Waals surface area contributed by atoms with Gasteiger partial charge in [-0.05, 0) is 18.3 Å². The summed E-state index contributed by atoms with van der Waals surface area (Å²) in [5.41, 5.74) is -0.399. The molecule has 0 amide bonds. The molecule has 2 nitrogen and oxygen atoms in total. The van der Waals surface area contributed by atoms with Gasteiger partial charge < -0.3 is 5.11 Å². The zero-order valence-electron chi connectivity index (χ0n) is 10.9. The molecule has 0 aromatic carbocycles. The predicted octanol–water partition coefficient (Wildman–Crippen LogP) is 5.27. The lowest BCUT2D eigenvalue weighted by atomic mass is 9.77. The summed E-state index contributed by atoms with van der Waals surface area (Å²) in [6, 6.07) is 0. The third-order valence-electron chi connectivity index (χ3n) is 3.02. The number of carboxylic acid groups (broad SMARTS) is 1. The van der Waals surface area contributed by atoms with Crippen LogP contribution in [0.25, 0.3) is 0 Å². The molecule has 0 rings (SSSR count). The Morgan fingerprint density at radius 2 is 1.72 bits per heavy atom. The van der Waals surface area contributed by atoms with Crippen molar-refractivity contribution < 1.29 is 9.90 Å². The van der Waals surface area contributed by atoms with Crippen molar-refractivity contribution in [3.05, 3.63) is 0 Å². The Bertz CT molecular complexity index is 274. The van der Waals surface area contributed by atoms with Crippen molar-refractivity contribution in [3.8, 4) is 0 Å². The fourth-order valence-electron chi connectivity index (χ4n) is 1.90. The topological polar surface area (TPSA) is 37.3 Å². The molecule has 6 heteroatoms. The summed E-state index contributed by atoms with van der Waals surface area (Å²) in [5.74, 6) is -1.19. The Labute approximate surface area is 129 Å². The van der Waals surface area contributed by atoms with E-state index in [-0.39, 0.29) is 11.8 Å².